The Morgan fingerprint density at radius 2 is 2.22 bits per heavy atom. The van der Waals surface area contributed by atoms with Gasteiger partial charge in [0.05, 0.1) is 18.7 Å². The second kappa shape index (κ2) is 7.86. The number of terminal acetylenes is 1. The molecular formula is C14H18ClNO2. The smallest absolute Gasteiger partial charge is 0.179 e. The molecule has 1 rings (SSSR count). The zero-order valence-corrected chi connectivity index (χ0v) is 11.3. The van der Waals surface area contributed by atoms with Gasteiger partial charge in [-0.1, -0.05) is 11.6 Å². The first-order valence-electron chi connectivity index (χ1n) is 5.85. The number of hydrogen-bond acceptors (Lipinski definition) is 3. The van der Waals surface area contributed by atoms with Crippen molar-refractivity contribution in [3.63, 3.8) is 0 Å². The summed E-state index contributed by atoms with van der Waals surface area (Å²) in [4.78, 5) is 0. The average molecular weight is 268 g/mol. The Kier molecular flexibility index (Phi) is 6.42. The van der Waals surface area contributed by atoms with E-state index in [-0.39, 0.29) is 0 Å². The zero-order valence-electron chi connectivity index (χ0n) is 10.5. The standard InChI is InChI=1S/C14H18ClNO2/c1-3-4-5-8-18-14-12(15)9-11(6-7-16)10-13(14)17-2/h1,9-10H,4-8,16H2,2H3. The molecule has 1 aromatic carbocycles. The van der Waals surface area contributed by atoms with Crippen LogP contribution < -0.4 is 15.2 Å². The summed E-state index contributed by atoms with van der Waals surface area (Å²) in [7, 11) is 1.59. The zero-order chi connectivity index (χ0) is 13.4. The molecule has 0 atom stereocenters. The van der Waals surface area contributed by atoms with Crippen molar-refractivity contribution < 1.29 is 9.47 Å². The second-order valence-electron chi connectivity index (χ2n) is 3.80. The highest BCUT2D eigenvalue weighted by Gasteiger charge is 2.11. The fraction of sp³-hybridized carbons (Fsp3) is 0.429. The van der Waals surface area contributed by atoms with E-state index >= 15 is 0 Å². The van der Waals surface area contributed by atoms with E-state index in [1.807, 2.05) is 12.1 Å². The molecule has 0 amide bonds. The molecule has 2 N–H and O–H groups in total. The van der Waals surface area contributed by atoms with Gasteiger partial charge in [0.15, 0.2) is 11.5 Å². The number of halogens is 1. The molecular weight excluding hydrogens is 250 g/mol. The topological polar surface area (TPSA) is 44.5 Å². The van der Waals surface area contributed by atoms with E-state index in [1.54, 1.807) is 7.11 Å². The lowest BCUT2D eigenvalue weighted by Gasteiger charge is -2.13. The Balaban J connectivity index is 2.80. The maximum Gasteiger partial charge on any atom is 0.179 e. The van der Waals surface area contributed by atoms with Crippen LogP contribution in [0.15, 0.2) is 12.1 Å². The second-order valence-corrected chi connectivity index (χ2v) is 4.21. The summed E-state index contributed by atoms with van der Waals surface area (Å²) in [6, 6.07) is 3.75. The van der Waals surface area contributed by atoms with Gasteiger partial charge in [-0.25, -0.2) is 0 Å². The van der Waals surface area contributed by atoms with Gasteiger partial charge in [-0.05, 0) is 37.1 Å². The minimum Gasteiger partial charge on any atom is -0.493 e. The molecule has 0 aromatic heterocycles. The lowest BCUT2D eigenvalue weighted by Crippen LogP contribution is -2.04. The van der Waals surface area contributed by atoms with Crippen LogP contribution in [0.4, 0.5) is 0 Å². The summed E-state index contributed by atoms with van der Waals surface area (Å²) in [5.41, 5.74) is 6.56. The molecule has 0 aliphatic carbocycles. The van der Waals surface area contributed by atoms with E-state index < -0.39 is 0 Å². The van der Waals surface area contributed by atoms with Gasteiger partial charge in [0, 0.05) is 6.42 Å². The Labute approximate surface area is 113 Å². The van der Waals surface area contributed by atoms with Crippen molar-refractivity contribution in [3.8, 4) is 23.8 Å². The van der Waals surface area contributed by atoms with Gasteiger partial charge in [-0.2, -0.15) is 0 Å². The summed E-state index contributed by atoms with van der Waals surface area (Å²) in [6.45, 7) is 1.10. The predicted molar refractivity (Wildman–Crippen MR) is 74.3 cm³/mol. The van der Waals surface area contributed by atoms with E-state index in [0.717, 1.165) is 18.4 Å². The van der Waals surface area contributed by atoms with Gasteiger partial charge in [0.2, 0.25) is 0 Å². The van der Waals surface area contributed by atoms with Crippen LogP contribution in [0.5, 0.6) is 11.5 Å². The minimum absolute atomic E-state index is 0.524. The van der Waals surface area contributed by atoms with Crippen LogP contribution in [0.3, 0.4) is 0 Å². The van der Waals surface area contributed by atoms with E-state index in [9.17, 15) is 0 Å². The van der Waals surface area contributed by atoms with Gasteiger partial charge in [0.25, 0.3) is 0 Å². The van der Waals surface area contributed by atoms with Crippen LogP contribution >= 0.6 is 11.6 Å². The first kappa shape index (κ1) is 14.7. The number of benzene rings is 1. The minimum atomic E-state index is 0.524. The Bertz CT molecular complexity index is 427. The summed E-state index contributed by atoms with van der Waals surface area (Å²) in [5, 5.41) is 0.540. The summed E-state index contributed by atoms with van der Waals surface area (Å²) in [5.74, 6) is 3.76. The molecule has 0 aliphatic heterocycles. The fourth-order valence-corrected chi connectivity index (χ4v) is 1.86. The fourth-order valence-electron chi connectivity index (χ4n) is 1.57. The molecule has 0 bridgehead atoms. The van der Waals surface area contributed by atoms with Crippen LogP contribution in [0.1, 0.15) is 18.4 Å². The molecule has 0 heterocycles. The predicted octanol–water partition coefficient (Wildman–Crippen LogP) is 2.64. The number of unbranched alkanes of at least 4 members (excludes halogenated alkanes) is 1. The number of ether oxygens (including phenoxy) is 2. The quantitative estimate of drug-likeness (QED) is 0.610. The van der Waals surface area contributed by atoms with Crippen LogP contribution in [0.25, 0.3) is 0 Å². The summed E-state index contributed by atoms with van der Waals surface area (Å²) in [6.07, 6.45) is 7.41. The lowest BCUT2D eigenvalue weighted by molar-refractivity contribution is 0.291. The normalized spacial score (nSPS) is 9.89. The first-order valence-corrected chi connectivity index (χ1v) is 6.23. The van der Waals surface area contributed by atoms with Crippen LogP contribution in [-0.2, 0) is 6.42 Å². The molecule has 4 heteroatoms. The van der Waals surface area contributed by atoms with Crippen molar-refractivity contribution in [3.05, 3.63) is 22.7 Å². The summed E-state index contributed by atoms with van der Waals surface area (Å²) < 4.78 is 10.9. The molecule has 0 spiro atoms. The van der Waals surface area contributed by atoms with Crippen molar-refractivity contribution >= 4 is 11.6 Å². The maximum atomic E-state index is 6.18. The highest BCUT2D eigenvalue weighted by Crippen LogP contribution is 2.36. The van der Waals surface area contributed by atoms with Crippen molar-refractivity contribution in [2.45, 2.75) is 19.3 Å². The molecule has 3 nitrogen and oxygen atoms in total. The third kappa shape index (κ3) is 4.14. The van der Waals surface area contributed by atoms with E-state index in [0.29, 0.717) is 36.1 Å². The number of methoxy groups -OCH3 is 1. The van der Waals surface area contributed by atoms with Gasteiger partial charge in [0.1, 0.15) is 0 Å². The Morgan fingerprint density at radius 3 is 2.83 bits per heavy atom. The number of rotatable bonds is 7. The highest BCUT2D eigenvalue weighted by atomic mass is 35.5. The van der Waals surface area contributed by atoms with Crippen LogP contribution in [-0.4, -0.2) is 20.3 Å². The van der Waals surface area contributed by atoms with Crippen LogP contribution in [0, 0.1) is 12.3 Å². The number of nitrogens with two attached hydrogens (primary N) is 1. The largest absolute Gasteiger partial charge is 0.493 e. The lowest BCUT2D eigenvalue weighted by atomic mass is 10.1. The summed E-state index contributed by atoms with van der Waals surface area (Å²) >= 11 is 6.18. The van der Waals surface area contributed by atoms with Gasteiger partial charge in [-0.3, -0.25) is 0 Å². The molecule has 98 valence electrons. The van der Waals surface area contributed by atoms with E-state index in [1.165, 1.54) is 0 Å². The third-order valence-electron chi connectivity index (χ3n) is 2.43. The van der Waals surface area contributed by atoms with E-state index in [2.05, 4.69) is 5.92 Å². The van der Waals surface area contributed by atoms with Crippen molar-refractivity contribution in [2.24, 2.45) is 5.73 Å². The molecule has 0 saturated carbocycles. The van der Waals surface area contributed by atoms with E-state index in [4.69, 9.17) is 33.2 Å². The first-order chi connectivity index (χ1) is 8.72. The average Bonchev–Trinajstić information content (AvgIpc) is 2.36. The third-order valence-corrected chi connectivity index (χ3v) is 2.71. The molecule has 0 radical (unpaired) electrons. The molecule has 0 saturated heterocycles. The molecule has 0 fully saturated rings. The van der Waals surface area contributed by atoms with Gasteiger partial charge < -0.3 is 15.2 Å². The highest BCUT2D eigenvalue weighted by molar-refractivity contribution is 6.32. The Hall–Kier alpha value is -1.37. The Morgan fingerprint density at radius 1 is 1.44 bits per heavy atom. The van der Waals surface area contributed by atoms with Crippen molar-refractivity contribution in [2.75, 3.05) is 20.3 Å². The molecule has 0 unspecified atom stereocenters. The maximum absolute atomic E-state index is 6.18. The van der Waals surface area contributed by atoms with Gasteiger partial charge in [-0.15, -0.1) is 12.3 Å². The van der Waals surface area contributed by atoms with Crippen molar-refractivity contribution in [1.29, 1.82) is 0 Å². The SMILES string of the molecule is C#CCCCOc1c(Cl)cc(CCN)cc1OC. The monoisotopic (exact) mass is 267 g/mol. The number of hydrogen-bond donors (Lipinski definition) is 1. The van der Waals surface area contributed by atoms with Crippen LogP contribution in [0.2, 0.25) is 5.02 Å². The molecule has 1 aromatic rings. The van der Waals surface area contributed by atoms with Crippen molar-refractivity contribution in [1.82, 2.24) is 0 Å². The molecule has 18 heavy (non-hydrogen) atoms. The molecule has 0 aliphatic rings. The van der Waals surface area contributed by atoms with Gasteiger partial charge >= 0.3 is 0 Å².